The normalized spacial score (nSPS) is 15.4. The van der Waals surface area contributed by atoms with Gasteiger partial charge in [-0.1, -0.05) is 30.0 Å². The number of hydrogen-bond donors (Lipinski definition) is 0. The number of nitrogens with zero attached hydrogens (tertiary/aromatic N) is 3. The van der Waals surface area contributed by atoms with Crippen LogP contribution in [0, 0.1) is 0 Å². The SMILES string of the molecule is CCOC(=O)Cc1csc(S[C@H](C)C(=O)N2CCN(c3ccccc3)CC2)n1. The minimum atomic E-state index is -0.273. The maximum absolute atomic E-state index is 12.8. The Morgan fingerprint density at radius 1 is 1.21 bits per heavy atom. The predicted octanol–water partition coefficient (Wildman–Crippen LogP) is 3.08. The van der Waals surface area contributed by atoms with Gasteiger partial charge < -0.3 is 14.5 Å². The molecule has 8 heteroatoms. The van der Waals surface area contributed by atoms with Gasteiger partial charge in [0.25, 0.3) is 0 Å². The van der Waals surface area contributed by atoms with E-state index in [1.807, 2.05) is 35.4 Å². The van der Waals surface area contributed by atoms with Gasteiger partial charge in [0.2, 0.25) is 5.91 Å². The quantitative estimate of drug-likeness (QED) is 0.508. The van der Waals surface area contributed by atoms with Crippen molar-refractivity contribution in [1.29, 1.82) is 0 Å². The lowest BCUT2D eigenvalue weighted by atomic mass is 10.2. The van der Waals surface area contributed by atoms with Crippen LogP contribution in [0.4, 0.5) is 5.69 Å². The van der Waals surface area contributed by atoms with Crippen molar-refractivity contribution in [3.63, 3.8) is 0 Å². The number of aromatic nitrogens is 1. The number of carbonyl (C=O) groups is 2. The molecule has 1 aliphatic rings. The molecule has 0 aliphatic carbocycles. The number of amides is 1. The van der Waals surface area contributed by atoms with E-state index >= 15 is 0 Å². The Morgan fingerprint density at radius 2 is 1.93 bits per heavy atom. The third kappa shape index (κ3) is 5.48. The number of esters is 1. The first-order valence-electron chi connectivity index (χ1n) is 9.42. The Kier molecular flexibility index (Phi) is 7.33. The average molecular weight is 420 g/mol. The monoisotopic (exact) mass is 419 g/mol. The Labute approximate surface area is 173 Å². The number of piperazine rings is 1. The molecule has 1 aromatic heterocycles. The molecule has 1 amide bonds. The lowest BCUT2D eigenvalue weighted by Crippen LogP contribution is -2.50. The van der Waals surface area contributed by atoms with Gasteiger partial charge in [0.1, 0.15) is 0 Å². The molecular formula is C20H25N3O3S2. The summed E-state index contributed by atoms with van der Waals surface area (Å²) in [6.07, 6.45) is 0.175. The average Bonchev–Trinajstić information content (AvgIpc) is 3.15. The minimum Gasteiger partial charge on any atom is -0.466 e. The van der Waals surface area contributed by atoms with E-state index < -0.39 is 0 Å². The maximum Gasteiger partial charge on any atom is 0.311 e. The molecular weight excluding hydrogens is 394 g/mol. The van der Waals surface area contributed by atoms with Crippen LogP contribution in [0.2, 0.25) is 0 Å². The molecule has 6 nitrogen and oxygen atoms in total. The van der Waals surface area contributed by atoms with E-state index in [0.29, 0.717) is 12.3 Å². The zero-order valence-corrected chi connectivity index (χ0v) is 17.8. The number of rotatable bonds is 7. The van der Waals surface area contributed by atoms with E-state index in [0.717, 1.165) is 30.5 Å². The Balaban J connectivity index is 1.49. The van der Waals surface area contributed by atoms with Crippen LogP contribution in [-0.4, -0.2) is 59.8 Å². The molecule has 2 heterocycles. The number of benzene rings is 1. The van der Waals surface area contributed by atoms with Gasteiger partial charge in [0, 0.05) is 37.2 Å². The highest BCUT2D eigenvalue weighted by molar-refractivity contribution is 8.02. The molecule has 0 radical (unpaired) electrons. The van der Waals surface area contributed by atoms with Crippen LogP contribution >= 0.6 is 23.1 Å². The van der Waals surface area contributed by atoms with Gasteiger partial charge in [-0.15, -0.1) is 11.3 Å². The lowest BCUT2D eigenvalue weighted by molar-refractivity contribution is -0.142. The fourth-order valence-corrected chi connectivity index (χ4v) is 5.13. The third-order valence-corrected chi connectivity index (χ3v) is 6.61. The number of para-hydroxylation sites is 1. The smallest absolute Gasteiger partial charge is 0.311 e. The second kappa shape index (κ2) is 9.93. The van der Waals surface area contributed by atoms with E-state index in [-0.39, 0.29) is 23.5 Å². The van der Waals surface area contributed by atoms with Crippen LogP contribution in [0.15, 0.2) is 40.1 Å². The van der Waals surface area contributed by atoms with E-state index in [1.54, 1.807) is 6.92 Å². The van der Waals surface area contributed by atoms with Crippen molar-refractivity contribution in [3.8, 4) is 0 Å². The Hall–Kier alpha value is -2.06. The maximum atomic E-state index is 12.8. The highest BCUT2D eigenvalue weighted by Crippen LogP contribution is 2.28. The highest BCUT2D eigenvalue weighted by atomic mass is 32.2. The molecule has 0 N–H and O–H groups in total. The first-order valence-corrected chi connectivity index (χ1v) is 11.2. The van der Waals surface area contributed by atoms with Gasteiger partial charge >= 0.3 is 5.97 Å². The molecule has 1 fully saturated rings. The molecule has 1 saturated heterocycles. The Bertz CT molecular complexity index is 789. The molecule has 0 unspecified atom stereocenters. The molecule has 150 valence electrons. The van der Waals surface area contributed by atoms with Gasteiger partial charge in [0.15, 0.2) is 4.34 Å². The van der Waals surface area contributed by atoms with Gasteiger partial charge in [-0.3, -0.25) is 9.59 Å². The summed E-state index contributed by atoms with van der Waals surface area (Å²) >= 11 is 2.92. The molecule has 0 saturated carbocycles. The summed E-state index contributed by atoms with van der Waals surface area (Å²) in [6, 6.07) is 10.3. The van der Waals surface area contributed by atoms with Crippen LogP contribution in [0.3, 0.4) is 0 Å². The number of thiazole rings is 1. The molecule has 0 bridgehead atoms. The standard InChI is InChI=1S/C20H25N3O3S2/c1-3-26-18(24)13-16-14-27-20(21-16)28-15(2)19(25)23-11-9-22(10-12-23)17-7-5-4-6-8-17/h4-8,14-15H,3,9-13H2,1-2H3/t15-/m1/s1. The summed E-state index contributed by atoms with van der Waals surface area (Å²) in [4.78, 5) is 33.1. The van der Waals surface area contributed by atoms with Gasteiger partial charge in [-0.2, -0.15) is 0 Å². The second-order valence-corrected chi connectivity index (χ2v) is 8.94. The molecule has 0 spiro atoms. The van der Waals surface area contributed by atoms with Crippen LogP contribution in [0.5, 0.6) is 0 Å². The van der Waals surface area contributed by atoms with Crippen molar-refractivity contribution in [2.24, 2.45) is 0 Å². The predicted molar refractivity (Wildman–Crippen MR) is 113 cm³/mol. The van der Waals surface area contributed by atoms with Crippen LogP contribution < -0.4 is 4.90 Å². The molecule has 2 aromatic rings. The number of carbonyl (C=O) groups excluding carboxylic acids is 2. The molecule has 1 aliphatic heterocycles. The van der Waals surface area contributed by atoms with Gasteiger partial charge in [-0.25, -0.2) is 4.98 Å². The van der Waals surface area contributed by atoms with Crippen LogP contribution in [0.25, 0.3) is 0 Å². The zero-order chi connectivity index (χ0) is 19.9. The summed E-state index contributed by atoms with van der Waals surface area (Å²) in [5.74, 6) is -0.135. The second-order valence-electron chi connectivity index (χ2n) is 6.49. The van der Waals surface area contributed by atoms with Crippen molar-refractivity contribution in [1.82, 2.24) is 9.88 Å². The van der Waals surface area contributed by atoms with Crippen molar-refractivity contribution >= 4 is 40.7 Å². The lowest BCUT2D eigenvalue weighted by Gasteiger charge is -2.37. The summed E-state index contributed by atoms with van der Waals surface area (Å²) in [5.41, 5.74) is 1.90. The number of hydrogen-bond acceptors (Lipinski definition) is 7. The molecule has 3 rings (SSSR count). The molecule has 28 heavy (non-hydrogen) atoms. The van der Waals surface area contributed by atoms with Crippen LogP contribution in [-0.2, 0) is 20.7 Å². The van der Waals surface area contributed by atoms with E-state index in [2.05, 4.69) is 22.0 Å². The third-order valence-electron chi connectivity index (χ3n) is 4.50. The summed E-state index contributed by atoms with van der Waals surface area (Å²) in [7, 11) is 0. The number of ether oxygens (including phenoxy) is 1. The largest absolute Gasteiger partial charge is 0.466 e. The Morgan fingerprint density at radius 3 is 2.61 bits per heavy atom. The van der Waals surface area contributed by atoms with Gasteiger partial charge in [-0.05, 0) is 26.0 Å². The molecule has 1 aromatic carbocycles. The van der Waals surface area contributed by atoms with Crippen molar-refractivity contribution in [3.05, 3.63) is 41.4 Å². The zero-order valence-electron chi connectivity index (χ0n) is 16.2. The number of thioether (sulfide) groups is 1. The topological polar surface area (TPSA) is 62.7 Å². The highest BCUT2D eigenvalue weighted by Gasteiger charge is 2.26. The molecule has 1 atom stereocenters. The number of anilines is 1. The first kappa shape index (κ1) is 20.7. The van der Waals surface area contributed by atoms with E-state index in [9.17, 15) is 9.59 Å². The summed E-state index contributed by atoms with van der Waals surface area (Å²) in [6.45, 7) is 7.21. The van der Waals surface area contributed by atoms with Crippen molar-refractivity contribution < 1.29 is 14.3 Å². The van der Waals surface area contributed by atoms with Crippen molar-refractivity contribution in [2.75, 3.05) is 37.7 Å². The first-order chi connectivity index (χ1) is 13.6. The van der Waals surface area contributed by atoms with E-state index in [4.69, 9.17) is 4.74 Å². The minimum absolute atomic E-state index is 0.139. The van der Waals surface area contributed by atoms with E-state index in [1.165, 1.54) is 28.8 Å². The fraction of sp³-hybridized carbons (Fsp3) is 0.450. The van der Waals surface area contributed by atoms with Crippen LogP contribution in [0.1, 0.15) is 19.5 Å². The fourth-order valence-electron chi connectivity index (χ4n) is 3.07. The summed E-state index contributed by atoms with van der Waals surface area (Å²) < 4.78 is 5.76. The van der Waals surface area contributed by atoms with Crippen molar-refractivity contribution in [2.45, 2.75) is 29.9 Å². The van der Waals surface area contributed by atoms with Gasteiger partial charge in [0.05, 0.1) is 24.0 Å². The summed E-state index contributed by atoms with van der Waals surface area (Å²) in [5, 5.41) is 1.65.